The number of carbonyl (C=O) groups is 1. The van der Waals surface area contributed by atoms with E-state index in [9.17, 15) is 19.8 Å². The third-order valence-electron chi connectivity index (χ3n) is 5.24. The van der Waals surface area contributed by atoms with Gasteiger partial charge in [-0.15, -0.1) is 0 Å². The predicted octanol–water partition coefficient (Wildman–Crippen LogP) is 2.18. The Morgan fingerprint density at radius 1 is 1.19 bits per heavy atom. The summed E-state index contributed by atoms with van der Waals surface area (Å²) >= 11 is 0. The molecule has 1 aliphatic heterocycles. The first-order valence-electron chi connectivity index (χ1n) is 9.07. The van der Waals surface area contributed by atoms with Gasteiger partial charge in [0, 0.05) is 40.7 Å². The highest BCUT2D eigenvalue weighted by Gasteiger charge is 2.22. The second kappa shape index (κ2) is 6.59. The first-order valence-corrected chi connectivity index (χ1v) is 9.07. The van der Waals surface area contributed by atoms with Crippen molar-refractivity contribution in [3.05, 3.63) is 50.9 Å². The van der Waals surface area contributed by atoms with Crippen LogP contribution in [-0.4, -0.2) is 39.2 Å². The van der Waals surface area contributed by atoms with Crippen LogP contribution in [0.25, 0.3) is 22.2 Å². The quantitative estimate of drug-likeness (QED) is 0.486. The fourth-order valence-electron chi connectivity index (χ4n) is 3.93. The van der Waals surface area contributed by atoms with E-state index in [4.69, 9.17) is 0 Å². The van der Waals surface area contributed by atoms with Gasteiger partial charge in [-0.05, 0) is 31.0 Å². The zero-order valence-electron chi connectivity index (χ0n) is 15.0. The second-order valence-electron chi connectivity index (χ2n) is 6.78. The van der Waals surface area contributed by atoms with E-state index in [2.05, 4.69) is 15.3 Å². The Hall–Kier alpha value is -3.06. The summed E-state index contributed by atoms with van der Waals surface area (Å²) in [4.78, 5) is 29.6. The van der Waals surface area contributed by atoms with E-state index in [1.165, 1.54) is 11.3 Å². The minimum Gasteiger partial charge on any atom is -0.506 e. The number of rotatable bonds is 3. The van der Waals surface area contributed by atoms with Gasteiger partial charge in [-0.1, -0.05) is 19.1 Å². The number of fused-ring (bicyclic) bond motifs is 3. The van der Waals surface area contributed by atoms with Crippen molar-refractivity contribution in [2.24, 2.45) is 0 Å². The molecule has 1 aliphatic rings. The first kappa shape index (κ1) is 17.4. The predicted molar refractivity (Wildman–Crippen MR) is 103 cm³/mol. The molecule has 0 aliphatic carbocycles. The molecule has 140 valence electrons. The van der Waals surface area contributed by atoms with Crippen LogP contribution in [0.15, 0.2) is 23.0 Å². The molecule has 7 nitrogen and oxygen atoms in total. The van der Waals surface area contributed by atoms with Gasteiger partial charge in [0.25, 0.3) is 5.56 Å². The number of H-pyrrole nitrogens is 2. The summed E-state index contributed by atoms with van der Waals surface area (Å²) in [5, 5.41) is 24.1. The van der Waals surface area contributed by atoms with Crippen molar-refractivity contribution in [2.45, 2.75) is 26.2 Å². The molecule has 3 heterocycles. The maximum absolute atomic E-state index is 12.2. The highest BCUT2D eigenvalue weighted by Crippen LogP contribution is 2.33. The molecule has 0 saturated heterocycles. The third kappa shape index (κ3) is 2.80. The Balaban J connectivity index is 1.90. The summed E-state index contributed by atoms with van der Waals surface area (Å²) < 4.78 is 0. The molecule has 0 fully saturated rings. The maximum Gasteiger partial charge on any atom is 0.345 e. The number of hydrogen-bond donors (Lipinski definition) is 5. The molecule has 2 aromatic heterocycles. The number of benzene rings is 1. The van der Waals surface area contributed by atoms with E-state index in [1.54, 1.807) is 0 Å². The van der Waals surface area contributed by atoms with Gasteiger partial charge in [0.05, 0.1) is 5.69 Å². The van der Waals surface area contributed by atoms with Gasteiger partial charge >= 0.3 is 5.97 Å². The summed E-state index contributed by atoms with van der Waals surface area (Å²) in [5.41, 5.74) is 3.70. The molecule has 27 heavy (non-hydrogen) atoms. The van der Waals surface area contributed by atoms with Crippen LogP contribution in [0.5, 0.6) is 5.75 Å². The Labute approximate surface area is 155 Å². The lowest BCUT2D eigenvalue weighted by Crippen LogP contribution is -2.20. The zero-order valence-corrected chi connectivity index (χ0v) is 15.0. The number of pyridine rings is 1. The normalized spacial score (nSPS) is 14.1. The van der Waals surface area contributed by atoms with Crippen molar-refractivity contribution >= 4 is 16.9 Å². The standard InChI is InChI=1S/C20H21N3O4/c1-2-11-17(23-19(25)16(18(11)24)20(26)27)10-3-4-12-13-5-7-21-8-6-14(13)22-15(12)9-10/h3-4,9,21-22H,2,5-8H2,1H3,(H,26,27)(H2,23,24,25). The van der Waals surface area contributed by atoms with Crippen LogP contribution in [0.4, 0.5) is 0 Å². The van der Waals surface area contributed by atoms with Gasteiger partial charge in [0.15, 0.2) is 5.56 Å². The van der Waals surface area contributed by atoms with E-state index in [0.29, 0.717) is 17.7 Å². The molecule has 0 bridgehead atoms. The SMILES string of the molecule is CCc1c(-c2ccc3c4c([nH]c3c2)CCNCC4)[nH]c(=O)c(C(=O)O)c1O. The average molecular weight is 367 g/mol. The Morgan fingerprint density at radius 2 is 1.96 bits per heavy atom. The van der Waals surface area contributed by atoms with Crippen LogP contribution in [-0.2, 0) is 19.3 Å². The summed E-state index contributed by atoms with van der Waals surface area (Å²) in [6.45, 7) is 3.69. The van der Waals surface area contributed by atoms with E-state index in [0.717, 1.165) is 42.4 Å². The minimum absolute atomic E-state index is 0.392. The molecule has 0 unspecified atom stereocenters. The van der Waals surface area contributed by atoms with E-state index >= 15 is 0 Å². The van der Waals surface area contributed by atoms with E-state index < -0.39 is 22.8 Å². The molecule has 0 radical (unpaired) electrons. The van der Waals surface area contributed by atoms with Gasteiger partial charge in [0.2, 0.25) is 0 Å². The van der Waals surface area contributed by atoms with Crippen molar-refractivity contribution in [1.29, 1.82) is 0 Å². The topological polar surface area (TPSA) is 118 Å². The van der Waals surface area contributed by atoms with Crippen LogP contribution in [0, 0.1) is 0 Å². The Bertz CT molecular complexity index is 1110. The lowest BCUT2D eigenvalue weighted by molar-refractivity contribution is 0.0691. The molecular formula is C20H21N3O4. The lowest BCUT2D eigenvalue weighted by Gasteiger charge is -2.12. The van der Waals surface area contributed by atoms with Crippen LogP contribution >= 0.6 is 0 Å². The van der Waals surface area contributed by atoms with Crippen molar-refractivity contribution in [3.63, 3.8) is 0 Å². The van der Waals surface area contributed by atoms with Crippen LogP contribution in [0.2, 0.25) is 0 Å². The molecule has 1 aromatic carbocycles. The second-order valence-corrected chi connectivity index (χ2v) is 6.78. The van der Waals surface area contributed by atoms with Crippen molar-refractivity contribution < 1.29 is 15.0 Å². The summed E-state index contributed by atoms with van der Waals surface area (Å²) in [6.07, 6.45) is 2.29. The number of aromatic nitrogens is 2. The number of carboxylic acid groups (broad SMARTS) is 1. The fourth-order valence-corrected chi connectivity index (χ4v) is 3.93. The highest BCUT2D eigenvalue weighted by atomic mass is 16.4. The largest absolute Gasteiger partial charge is 0.506 e. The molecular weight excluding hydrogens is 346 g/mol. The smallest absolute Gasteiger partial charge is 0.345 e. The van der Waals surface area contributed by atoms with Crippen molar-refractivity contribution in [1.82, 2.24) is 15.3 Å². The van der Waals surface area contributed by atoms with Crippen molar-refractivity contribution in [3.8, 4) is 17.0 Å². The lowest BCUT2D eigenvalue weighted by atomic mass is 9.99. The minimum atomic E-state index is -1.44. The number of carboxylic acids is 1. The maximum atomic E-state index is 12.2. The molecule has 5 N–H and O–H groups in total. The summed E-state index contributed by atoms with van der Waals surface area (Å²) in [7, 11) is 0. The molecule has 0 amide bonds. The van der Waals surface area contributed by atoms with Crippen LogP contribution in [0.3, 0.4) is 0 Å². The van der Waals surface area contributed by atoms with Gasteiger partial charge in [-0.25, -0.2) is 4.79 Å². The zero-order chi connectivity index (χ0) is 19.1. The van der Waals surface area contributed by atoms with Gasteiger partial charge in [0.1, 0.15) is 5.75 Å². The average Bonchev–Trinajstić information content (AvgIpc) is 2.81. The van der Waals surface area contributed by atoms with E-state index in [-0.39, 0.29) is 0 Å². The monoisotopic (exact) mass is 367 g/mol. The molecule has 4 rings (SSSR count). The number of aromatic hydroxyl groups is 1. The molecule has 7 heteroatoms. The number of aromatic amines is 2. The first-order chi connectivity index (χ1) is 13.0. The molecule has 0 atom stereocenters. The summed E-state index contributed by atoms with van der Waals surface area (Å²) in [6, 6.07) is 5.87. The van der Waals surface area contributed by atoms with Gasteiger partial charge in [-0.2, -0.15) is 0 Å². The molecule has 0 saturated carbocycles. The fraction of sp³-hybridized carbons (Fsp3) is 0.300. The number of hydrogen-bond acceptors (Lipinski definition) is 4. The van der Waals surface area contributed by atoms with Crippen LogP contribution < -0.4 is 10.9 Å². The number of aromatic carboxylic acids is 1. The molecule has 3 aromatic rings. The van der Waals surface area contributed by atoms with Gasteiger partial charge in [-0.3, -0.25) is 4.79 Å². The third-order valence-corrected chi connectivity index (χ3v) is 5.24. The van der Waals surface area contributed by atoms with Crippen molar-refractivity contribution in [2.75, 3.05) is 13.1 Å². The Morgan fingerprint density at radius 3 is 2.70 bits per heavy atom. The molecule has 0 spiro atoms. The number of nitrogens with one attached hydrogen (secondary N) is 3. The van der Waals surface area contributed by atoms with Gasteiger partial charge < -0.3 is 25.5 Å². The van der Waals surface area contributed by atoms with E-state index in [1.807, 2.05) is 25.1 Å². The van der Waals surface area contributed by atoms with Crippen LogP contribution in [0.1, 0.15) is 34.1 Å². The summed E-state index contributed by atoms with van der Waals surface area (Å²) in [5.74, 6) is -1.90. The highest BCUT2D eigenvalue weighted by molar-refractivity contribution is 5.93. The Kier molecular flexibility index (Phi) is 4.24.